The number of hydrogen-bond donors (Lipinski definition) is 1. The Hall–Kier alpha value is -1.00. The van der Waals surface area contributed by atoms with E-state index in [0.717, 1.165) is 12.1 Å². The van der Waals surface area contributed by atoms with Crippen molar-refractivity contribution in [3.05, 3.63) is 35.4 Å². The number of hydrogen-bond acceptors (Lipinski definition) is 2. The van der Waals surface area contributed by atoms with E-state index in [0.29, 0.717) is 18.4 Å². The van der Waals surface area contributed by atoms with Gasteiger partial charge in [-0.2, -0.15) is 0 Å². The lowest BCUT2D eigenvalue weighted by Gasteiger charge is -2.24. The lowest BCUT2D eigenvalue weighted by atomic mass is 9.96. The molecule has 1 atom stereocenters. The molecule has 0 aliphatic heterocycles. The van der Waals surface area contributed by atoms with Crippen molar-refractivity contribution < 1.29 is 18.6 Å². The zero-order valence-electron chi connectivity index (χ0n) is 10.3. The fourth-order valence-electron chi connectivity index (χ4n) is 1.47. The molecule has 0 radical (unpaired) electrons. The summed E-state index contributed by atoms with van der Waals surface area (Å²) in [6.45, 7) is 3.82. The molecule has 0 bridgehead atoms. The van der Waals surface area contributed by atoms with Gasteiger partial charge in [0.15, 0.2) is 11.6 Å². The molecule has 2 nitrogen and oxygen atoms in total. The van der Waals surface area contributed by atoms with E-state index in [4.69, 9.17) is 4.74 Å². The Kier molecular flexibility index (Phi) is 4.60. The molecule has 0 heterocycles. The summed E-state index contributed by atoms with van der Waals surface area (Å²) >= 11 is 0. The third-order valence-corrected chi connectivity index (χ3v) is 2.90. The second-order valence-electron chi connectivity index (χ2n) is 4.69. The number of ether oxygens (including phenoxy) is 1. The molecule has 4 heteroatoms. The third-order valence-electron chi connectivity index (χ3n) is 2.90. The van der Waals surface area contributed by atoms with Crippen molar-refractivity contribution in [2.45, 2.75) is 38.4 Å². The smallest absolute Gasteiger partial charge is 0.159 e. The maximum Gasteiger partial charge on any atom is 0.159 e. The zero-order chi connectivity index (χ0) is 13.1. The Morgan fingerprint density at radius 1 is 1.29 bits per heavy atom. The van der Waals surface area contributed by atoms with Crippen LogP contribution in [-0.2, 0) is 4.74 Å². The summed E-state index contributed by atoms with van der Waals surface area (Å²) in [5.41, 5.74) is 0.0512. The maximum absolute atomic E-state index is 13.0. The van der Waals surface area contributed by atoms with Gasteiger partial charge in [0.05, 0.1) is 11.7 Å². The third kappa shape index (κ3) is 4.06. The highest BCUT2D eigenvalue weighted by Crippen LogP contribution is 2.25. The first-order valence-electron chi connectivity index (χ1n) is 5.54. The predicted molar refractivity (Wildman–Crippen MR) is 61.6 cm³/mol. The van der Waals surface area contributed by atoms with Crippen LogP contribution < -0.4 is 0 Å². The van der Waals surface area contributed by atoms with Crippen molar-refractivity contribution in [2.75, 3.05) is 7.11 Å². The minimum absolute atomic E-state index is 0.334. The number of rotatable bonds is 5. The van der Waals surface area contributed by atoms with Gasteiger partial charge < -0.3 is 9.84 Å². The summed E-state index contributed by atoms with van der Waals surface area (Å²) in [7, 11) is 1.60. The maximum atomic E-state index is 13.0. The first-order valence-corrected chi connectivity index (χ1v) is 5.54. The number of aliphatic hydroxyl groups is 1. The summed E-state index contributed by atoms with van der Waals surface area (Å²) < 4.78 is 30.9. The van der Waals surface area contributed by atoms with Gasteiger partial charge >= 0.3 is 0 Å². The molecular weight excluding hydrogens is 226 g/mol. The normalized spacial score (nSPS) is 13.8. The standard InChI is InChI=1S/C13H18F2O2/c1-13(2,17-3)7-6-12(16)9-4-5-10(14)11(15)8-9/h4-5,8,12,16H,6-7H2,1-3H3. The lowest BCUT2D eigenvalue weighted by molar-refractivity contribution is 0.00276. The predicted octanol–water partition coefficient (Wildman–Crippen LogP) is 3.20. The number of benzene rings is 1. The van der Waals surface area contributed by atoms with Crippen molar-refractivity contribution >= 4 is 0 Å². The van der Waals surface area contributed by atoms with Crippen LogP contribution in [0.15, 0.2) is 18.2 Å². The van der Waals surface area contributed by atoms with Gasteiger partial charge in [0, 0.05) is 7.11 Å². The number of aliphatic hydroxyl groups excluding tert-OH is 1. The van der Waals surface area contributed by atoms with Gasteiger partial charge in [0.25, 0.3) is 0 Å². The Balaban J connectivity index is 2.64. The fourth-order valence-corrected chi connectivity index (χ4v) is 1.47. The molecule has 0 saturated heterocycles. The Morgan fingerprint density at radius 2 is 1.94 bits per heavy atom. The second kappa shape index (κ2) is 5.56. The van der Waals surface area contributed by atoms with E-state index in [1.54, 1.807) is 7.11 Å². The molecule has 96 valence electrons. The van der Waals surface area contributed by atoms with Gasteiger partial charge in [-0.15, -0.1) is 0 Å². The van der Waals surface area contributed by atoms with Crippen molar-refractivity contribution in [1.82, 2.24) is 0 Å². The van der Waals surface area contributed by atoms with E-state index < -0.39 is 17.7 Å². The second-order valence-corrected chi connectivity index (χ2v) is 4.69. The van der Waals surface area contributed by atoms with Crippen molar-refractivity contribution in [3.63, 3.8) is 0 Å². The summed E-state index contributed by atoms with van der Waals surface area (Å²) in [6, 6.07) is 3.44. The van der Waals surface area contributed by atoms with Crippen LogP contribution in [0.5, 0.6) is 0 Å². The topological polar surface area (TPSA) is 29.5 Å². The highest BCUT2D eigenvalue weighted by atomic mass is 19.2. The number of methoxy groups -OCH3 is 1. The molecule has 0 saturated carbocycles. The molecule has 0 spiro atoms. The van der Waals surface area contributed by atoms with Gasteiger partial charge in [0.1, 0.15) is 0 Å². The van der Waals surface area contributed by atoms with Crippen LogP contribution in [0.1, 0.15) is 38.4 Å². The highest BCUT2D eigenvalue weighted by molar-refractivity contribution is 5.19. The molecule has 0 aliphatic rings. The van der Waals surface area contributed by atoms with Crippen LogP contribution in [0, 0.1) is 11.6 Å². The van der Waals surface area contributed by atoms with Gasteiger partial charge in [-0.3, -0.25) is 0 Å². The first kappa shape index (κ1) is 14.1. The molecule has 0 aromatic heterocycles. The van der Waals surface area contributed by atoms with E-state index in [1.807, 2.05) is 13.8 Å². The van der Waals surface area contributed by atoms with Crippen molar-refractivity contribution in [2.24, 2.45) is 0 Å². The van der Waals surface area contributed by atoms with Crippen LogP contribution in [0.2, 0.25) is 0 Å². The van der Waals surface area contributed by atoms with Gasteiger partial charge in [0.2, 0.25) is 0 Å². The SMILES string of the molecule is COC(C)(C)CCC(O)c1ccc(F)c(F)c1. The molecule has 1 aromatic carbocycles. The average molecular weight is 244 g/mol. The molecule has 0 amide bonds. The molecule has 1 rings (SSSR count). The quantitative estimate of drug-likeness (QED) is 0.861. The van der Waals surface area contributed by atoms with Crippen LogP contribution in [0.25, 0.3) is 0 Å². The van der Waals surface area contributed by atoms with Crippen LogP contribution >= 0.6 is 0 Å². The van der Waals surface area contributed by atoms with E-state index >= 15 is 0 Å². The molecule has 1 N–H and O–H groups in total. The van der Waals surface area contributed by atoms with Crippen LogP contribution in [-0.4, -0.2) is 17.8 Å². The first-order chi connectivity index (χ1) is 7.85. The van der Waals surface area contributed by atoms with Crippen LogP contribution in [0.3, 0.4) is 0 Å². The van der Waals surface area contributed by atoms with E-state index in [1.165, 1.54) is 6.07 Å². The van der Waals surface area contributed by atoms with Gasteiger partial charge in [-0.1, -0.05) is 6.07 Å². The van der Waals surface area contributed by atoms with E-state index in [9.17, 15) is 13.9 Å². The largest absolute Gasteiger partial charge is 0.388 e. The molecule has 17 heavy (non-hydrogen) atoms. The zero-order valence-corrected chi connectivity index (χ0v) is 10.3. The van der Waals surface area contributed by atoms with Gasteiger partial charge in [-0.05, 0) is 44.4 Å². The summed E-state index contributed by atoms with van der Waals surface area (Å²) in [4.78, 5) is 0. The molecule has 0 aliphatic carbocycles. The van der Waals surface area contributed by atoms with E-state index in [2.05, 4.69) is 0 Å². The molecule has 1 aromatic rings. The van der Waals surface area contributed by atoms with E-state index in [-0.39, 0.29) is 5.60 Å². The van der Waals surface area contributed by atoms with Crippen molar-refractivity contribution in [3.8, 4) is 0 Å². The van der Waals surface area contributed by atoms with Gasteiger partial charge in [-0.25, -0.2) is 8.78 Å². The average Bonchev–Trinajstić information content (AvgIpc) is 2.30. The highest BCUT2D eigenvalue weighted by Gasteiger charge is 2.19. The Morgan fingerprint density at radius 3 is 2.47 bits per heavy atom. The Labute approximate surface area is 100 Å². The van der Waals surface area contributed by atoms with Crippen LogP contribution in [0.4, 0.5) is 8.78 Å². The lowest BCUT2D eigenvalue weighted by Crippen LogP contribution is -2.23. The van der Waals surface area contributed by atoms with Crippen molar-refractivity contribution in [1.29, 1.82) is 0 Å². The summed E-state index contributed by atoms with van der Waals surface area (Å²) in [5, 5.41) is 9.85. The molecular formula is C13H18F2O2. The summed E-state index contributed by atoms with van der Waals surface area (Å²) in [6.07, 6.45) is 0.259. The summed E-state index contributed by atoms with van der Waals surface area (Å²) in [5.74, 6) is -1.84. The molecule has 1 unspecified atom stereocenters. The minimum Gasteiger partial charge on any atom is -0.388 e. The fraction of sp³-hybridized carbons (Fsp3) is 0.538. The number of halogens is 2. The molecule has 0 fully saturated rings. The monoisotopic (exact) mass is 244 g/mol. The Bertz CT molecular complexity index is 378. The minimum atomic E-state index is -0.937.